The molecule has 3 heteroatoms. The zero-order valence-electron chi connectivity index (χ0n) is 12.2. The van der Waals surface area contributed by atoms with Crippen molar-refractivity contribution in [3.8, 4) is 5.75 Å². The van der Waals surface area contributed by atoms with E-state index >= 15 is 0 Å². The summed E-state index contributed by atoms with van der Waals surface area (Å²) in [5.41, 5.74) is 1.10. The van der Waals surface area contributed by atoms with Gasteiger partial charge in [-0.3, -0.25) is 4.79 Å². The molecule has 0 radical (unpaired) electrons. The SMILES string of the molecule is CCCCC(CC)C(=O)NCc1ccc(OC)cc1. The van der Waals surface area contributed by atoms with Gasteiger partial charge < -0.3 is 10.1 Å². The third-order valence-corrected chi connectivity index (χ3v) is 3.40. The Balaban J connectivity index is 2.43. The molecule has 1 amide bonds. The molecule has 0 saturated heterocycles. The fraction of sp³-hybridized carbons (Fsp3) is 0.562. The van der Waals surface area contributed by atoms with Gasteiger partial charge in [0.05, 0.1) is 7.11 Å². The van der Waals surface area contributed by atoms with E-state index in [-0.39, 0.29) is 11.8 Å². The van der Waals surface area contributed by atoms with Crippen molar-refractivity contribution >= 4 is 5.91 Å². The Morgan fingerprint density at radius 1 is 1.26 bits per heavy atom. The van der Waals surface area contributed by atoms with Gasteiger partial charge in [-0.1, -0.05) is 38.8 Å². The molecule has 0 saturated carbocycles. The quantitative estimate of drug-likeness (QED) is 0.779. The summed E-state index contributed by atoms with van der Waals surface area (Å²) in [4.78, 5) is 12.0. The highest BCUT2D eigenvalue weighted by Gasteiger charge is 2.14. The van der Waals surface area contributed by atoms with Gasteiger partial charge in [0, 0.05) is 12.5 Å². The van der Waals surface area contributed by atoms with Gasteiger partial charge in [-0.2, -0.15) is 0 Å². The first-order chi connectivity index (χ1) is 9.21. The molecule has 1 aromatic rings. The summed E-state index contributed by atoms with van der Waals surface area (Å²) in [6.45, 7) is 4.82. The van der Waals surface area contributed by atoms with Crippen molar-refractivity contribution in [2.45, 2.75) is 46.1 Å². The minimum atomic E-state index is 0.151. The molecule has 106 valence electrons. The molecule has 1 atom stereocenters. The average Bonchev–Trinajstić information content (AvgIpc) is 2.46. The van der Waals surface area contributed by atoms with E-state index in [1.165, 1.54) is 0 Å². The predicted molar refractivity (Wildman–Crippen MR) is 78.1 cm³/mol. The van der Waals surface area contributed by atoms with Crippen LogP contribution in [0.1, 0.15) is 45.1 Å². The maximum atomic E-state index is 12.0. The number of hydrogen-bond acceptors (Lipinski definition) is 2. The summed E-state index contributed by atoms with van der Waals surface area (Å²) in [6.07, 6.45) is 4.16. The predicted octanol–water partition coefficient (Wildman–Crippen LogP) is 3.53. The van der Waals surface area contributed by atoms with Crippen LogP contribution in [0.2, 0.25) is 0 Å². The summed E-state index contributed by atoms with van der Waals surface area (Å²) in [7, 11) is 1.65. The third-order valence-electron chi connectivity index (χ3n) is 3.40. The van der Waals surface area contributed by atoms with E-state index in [1.807, 2.05) is 24.3 Å². The molecule has 1 unspecified atom stereocenters. The second-order valence-electron chi connectivity index (χ2n) is 4.81. The van der Waals surface area contributed by atoms with Gasteiger partial charge in [0.2, 0.25) is 5.91 Å². The molecule has 19 heavy (non-hydrogen) atoms. The molecule has 1 aromatic carbocycles. The lowest BCUT2D eigenvalue weighted by Crippen LogP contribution is -2.30. The molecule has 0 bridgehead atoms. The van der Waals surface area contributed by atoms with Gasteiger partial charge in [-0.25, -0.2) is 0 Å². The largest absolute Gasteiger partial charge is 0.497 e. The van der Waals surface area contributed by atoms with Gasteiger partial charge in [0.1, 0.15) is 5.75 Å². The lowest BCUT2D eigenvalue weighted by molar-refractivity contribution is -0.125. The van der Waals surface area contributed by atoms with Crippen LogP contribution in [0.15, 0.2) is 24.3 Å². The van der Waals surface area contributed by atoms with Crippen molar-refractivity contribution in [3.63, 3.8) is 0 Å². The van der Waals surface area contributed by atoms with Gasteiger partial charge in [0.25, 0.3) is 0 Å². The number of rotatable bonds is 8. The fourth-order valence-electron chi connectivity index (χ4n) is 2.05. The molecule has 0 aromatic heterocycles. The van der Waals surface area contributed by atoms with Crippen LogP contribution in [0.5, 0.6) is 5.75 Å². The van der Waals surface area contributed by atoms with E-state index in [0.29, 0.717) is 6.54 Å². The summed E-state index contributed by atoms with van der Waals surface area (Å²) in [6, 6.07) is 7.78. The van der Waals surface area contributed by atoms with Crippen LogP contribution >= 0.6 is 0 Å². The summed E-state index contributed by atoms with van der Waals surface area (Å²) in [5.74, 6) is 1.16. The summed E-state index contributed by atoms with van der Waals surface area (Å²) >= 11 is 0. The first kappa shape index (κ1) is 15.5. The molecule has 0 aliphatic carbocycles. The Hall–Kier alpha value is -1.51. The van der Waals surface area contributed by atoms with Crippen molar-refractivity contribution in [1.29, 1.82) is 0 Å². The smallest absolute Gasteiger partial charge is 0.223 e. The maximum Gasteiger partial charge on any atom is 0.223 e. The van der Waals surface area contributed by atoms with Crippen LogP contribution in [0.25, 0.3) is 0 Å². The first-order valence-corrected chi connectivity index (χ1v) is 7.11. The van der Waals surface area contributed by atoms with Gasteiger partial charge in [0.15, 0.2) is 0 Å². The highest BCUT2D eigenvalue weighted by molar-refractivity contribution is 5.78. The monoisotopic (exact) mass is 263 g/mol. The molecule has 0 heterocycles. The van der Waals surface area contributed by atoms with Crippen molar-refractivity contribution in [2.24, 2.45) is 5.92 Å². The highest BCUT2D eigenvalue weighted by atomic mass is 16.5. The fourth-order valence-corrected chi connectivity index (χ4v) is 2.05. The standard InChI is InChI=1S/C16H25NO2/c1-4-6-7-14(5-2)16(18)17-12-13-8-10-15(19-3)11-9-13/h8-11,14H,4-7,12H2,1-3H3,(H,17,18). The molecule has 0 spiro atoms. The van der Waals surface area contributed by atoms with E-state index < -0.39 is 0 Å². The van der Waals surface area contributed by atoms with Crippen LogP contribution in [0, 0.1) is 5.92 Å². The second-order valence-corrected chi connectivity index (χ2v) is 4.81. The van der Waals surface area contributed by atoms with Crippen LogP contribution in [0.4, 0.5) is 0 Å². The number of unbranched alkanes of at least 4 members (excludes halogenated alkanes) is 1. The van der Waals surface area contributed by atoms with Crippen LogP contribution in [0.3, 0.4) is 0 Å². The van der Waals surface area contributed by atoms with Crippen molar-refractivity contribution in [2.75, 3.05) is 7.11 Å². The second kappa shape index (κ2) is 8.57. The van der Waals surface area contributed by atoms with Crippen molar-refractivity contribution in [3.05, 3.63) is 29.8 Å². The number of carbonyl (C=O) groups is 1. The molecule has 1 N–H and O–H groups in total. The van der Waals surface area contributed by atoms with Crippen molar-refractivity contribution < 1.29 is 9.53 Å². The minimum absolute atomic E-state index is 0.151. The molecular formula is C16H25NO2. The van der Waals surface area contributed by atoms with E-state index in [1.54, 1.807) is 7.11 Å². The molecule has 3 nitrogen and oxygen atoms in total. The molecule has 0 aliphatic rings. The Kier molecular flexibility index (Phi) is 7.01. The summed E-state index contributed by atoms with van der Waals surface area (Å²) < 4.78 is 5.11. The number of nitrogens with one attached hydrogen (secondary N) is 1. The Bertz CT molecular complexity index is 373. The zero-order chi connectivity index (χ0) is 14.1. The molecule has 1 rings (SSSR count). The molecule has 0 aliphatic heterocycles. The van der Waals surface area contributed by atoms with E-state index in [4.69, 9.17) is 4.74 Å². The lowest BCUT2D eigenvalue weighted by atomic mass is 9.98. The number of ether oxygens (including phenoxy) is 1. The lowest BCUT2D eigenvalue weighted by Gasteiger charge is -2.14. The molecule has 0 fully saturated rings. The topological polar surface area (TPSA) is 38.3 Å². The number of amides is 1. The van der Waals surface area contributed by atoms with Crippen molar-refractivity contribution in [1.82, 2.24) is 5.32 Å². The third kappa shape index (κ3) is 5.33. The van der Waals surface area contributed by atoms with E-state index in [9.17, 15) is 4.79 Å². The van der Waals surface area contributed by atoms with Crippen LogP contribution in [-0.4, -0.2) is 13.0 Å². The zero-order valence-corrected chi connectivity index (χ0v) is 12.2. The Morgan fingerprint density at radius 2 is 1.95 bits per heavy atom. The minimum Gasteiger partial charge on any atom is -0.497 e. The number of hydrogen-bond donors (Lipinski definition) is 1. The van der Waals surface area contributed by atoms with Gasteiger partial charge >= 0.3 is 0 Å². The van der Waals surface area contributed by atoms with Gasteiger partial charge in [-0.05, 0) is 30.5 Å². The van der Waals surface area contributed by atoms with E-state index in [0.717, 1.165) is 37.0 Å². The van der Waals surface area contributed by atoms with E-state index in [2.05, 4.69) is 19.2 Å². The number of carbonyl (C=O) groups excluding carboxylic acids is 1. The Morgan fingerprint density at radius 3 is 2.47 bits per heavy atom. The average molecular weight is 263 g/mol. The Labute approximate surface area is 116 Å². The highest BCUT2D eigenvalue weighted by Crippen LogP contribution is 2.14. The van der Waals surface area contributed by atoms with Gasteiger partial charge in [-0.15, -0.1) is 0 Å². The first-order valence-electron chi connectivity index (χ1n) is 7.11. The normalized spacial score (nSPS) is 11.9. The maximum absolute atomic E-state index is 12.0. The number of benzene rings is 1. The van der Waals surface area contributed by atoms with Crippen LogP contribution < -0.4 is 10.1 Å². The summed E-state index contributed by atoms with van der Waals surface area (Å²) in [5, 5.41) is 3.02. The number of methoxy groups -OCH3 is 1. The van der Waals surface area contributed by atoms with Crippen LogP contribution in [-0.2, 0) is 11.3 Å². The molecular weight excluding hydrogens is 238 g/mol.